The molecule has 0 fully saturated rings. The van der Waals surface area contributed by atoms with Crippen molar-refractivity contribution in [3.05, 3.63) is 29.3 Å². The fourth-order valence-electron chi connectivity index (χ4n) is 1.61. The van der Waals surface area contributed by atoms with Crippen molar-refractivity contribution in [2.24, 2.45) is 5.92 Å². The highest BCUT2D eigenvalue weighted by molar-refractivity contribution is 7.85. The Morgan fingerprint density at radius 2 is 1.88 bits per heavy atom. The lowest BCUT2D eigenvalue weighted by Gasteiger charge is -2.17. The second-order valence-corrected chi connectivity index (χ2v) is 6.18. The molecule has 1 rings (SSSR count). The second-order valence-electron chi connectivity index (χ2n) is 4.40. The lowest BCUT2D eigenvalue weighted by atomic mass is 10.1. The topological polar surface area (TPSA) is 54.4 Å². The molecule has 4 heteroatoms. The van der Waals surface area contributed by atoms with Crippen molar-refractivity contribution in [2.45, 2.75) is 37.8 Å². The highest BCUT2D eigenvalue weighted by Crippen LogP contribution is 2.21. The lowest BCUT2D eigenvalue weighted by Crippen LogP contribution is -2.27. The number of hydrogen-bond acceptors (Lipinski definition) is 2. The summed E-state index contributed by atoms with van der Waals surface area (Å²) in [6.45, 7) is 7.18. The Morgan fingerprint density at radius 3 is 2.35 bits per heavy atom. The first-order chi connectivity index (χ1) is 7.84. The van der Waals surface area contributed by atoms with Crippen LogP contribution in [0, 0.1) is 19.8 Å². The van der Waals surface area contributed by atoms with Crippen LogP contribution in [0.3, 0.4) is 0 Å². The molecule has 0 saturated carbocycles. The molecule has 17 heavy (non-hydrogen) atoms. The molecule has 0 spiro atoms. The Kier molecular flexibility index (Phi) is 4.46. The van der Waals surface area contributed by atoms with Gasteiger partial charge < -0.3 is 5.11 Å². The lowest BCUT2D eigenvalue weighted by molar-refractivity contribution is -0.141. The van der Waals surface area contributed by atoms with Crippen molar-refractivity contribution >= 4 is 16.8 Å². The van der Waals surface area contributed by atoms with E-state index in [4.69, 9.17) is 5.11 Å². The van der Waals surface area contributed by atoms with Crippen molar-refractivity contribution in [3.8, 4) is 0 Å². The molecule has 1 aromatic rings. The van der Waals surface area contributed by atoms with Crippen LogP contribution in [0.15, 0.2) is 23.1 Å². The van der Waals surface area contributed by atoms with Gasteiger partial charge >= 0.3 is 5.97 Å². The molecule has 1 N–H and O–H groups in total. The molecule has 0 aliphatic heterocycles. The molecule has 0 radical (unpaired) electrons. The van der Waals surface area contributed by atoms with Gasteiger partial charge in [0.05, 0.1) is 16.7 Å². The molecule has 0 aliphatic carbocycles. The Balaban J connectivity index is 3.00. The smallest absolute Gasteiger partial charge is 0.307 e. The van der Waals surface area contributed by atoms with Crippen molar-refractivity contribution in [2.75, 3.05) is 0 Å². The Hall–Kier alpha value is -1.16. The highest BCUT2D eigenvalue weighted by atomic mass is 32.2. The van der Waals surface area contributed by atoms with E-state index in [2.05, 4.69) is 0 Å². The van der Waals surface area contributed by atoms with E-state index in [1.54, 1.807) is 13.8 Å². The zero-order valence-corrected chi connectivity index (χ0v) is 11.4. The minimum absolute atomic E-state index is 0.395. The summed E-state index contributed by atoms with van der Waals surface area (Å²) < 4.78 is 12.3. The number of aryl methyl sites for hydroxylation is 2. The number of benzene rings is 1. The van der Waals surface area contributed by atoms with E-state index in [0.29, 0.717) is 0 Å². The molecule has 3 unspecified atom stereocenters. The molecule has 1 aromatic carbocycles. The number of rotatable bonds is 4. The van der Waals surface area contributed by atoms with E-state index in [-0.39, 0.29) is 0 Å². The first kappa shape index (κ1) is 13.9. The van der Waals surface area contributed by atoms with Crippen molar-refractivity contribution in [1.29, 1.82) is 0 Å². The predicted octanol–water partition coefficient (Wildman–Crippen LogP) is 2.52. The standard InChI is InChI=1S/C13H18O3S/c1-8-5-6-12(9(2)7-8)17(16)11(4)10(3)13(14)15/h5-7,10-11H,1-4H3,(H,14,15). The van der Waals surface area contributed by atoms with Crippen molar-refractivity contribution in [3.63, 3.8) is 0 Å². The van der Waals surface area contributed by atoms with Gasteiger partial charge in [-0.15, -0.1) is 0 Å². The van der Waals surface area contributed by atoms with Crippen LogP contribution in [0.1, 0.15) is 25.0 Å². The third-order valence-electron chi connectivity index (χ3n) is 2.98. The van der Waals surface area contributed by atoms with Gasteiger partial charge in [0.1, 0.15) is 0 Å². The number of carboxylic acids is 1. The average molecular weight is 254 g/mol. The zero-order valence-electron chi connectivity index (χ0n) is 10.6. The third-order valence-corrected chi connectivity index (χ3v) is 4.95. The molecule has 3 nitrogen and oxygen atoms in total. The zero-order chi connectivity index (χ0) is 13.2. The Labute approximate surface area is 104 Å². The number of carbonyl (C=O) groups is 1. The normalized spacial score (nSPS) is 16.2. The van der Waals surface area contributed by atoms with Crippen LogP contribution in [-0.2, 0) is 15.6 Å². The summed E-state index contributed by atoms with van der Waals surface area (Å²) in [6, 6.07) is 5.69. The van der Waals surface area contributed by atoms with Crippen LogP contribution < -0.4 is 0 Å². The summed E-state index contributed by atoms with van der Waals surface area (Å²) >= 11 is 0. The number of carboxylic acid groups (broad SMARTS) is 1. The van der Waals surface area contributed by atoms with Gasteiger partial charge in [0.2, 0.25) is 0 Å². The fraction of sp³-hybridized carbons (Fsp3) is 0.462. The maximum absolute atomic E-state index is 12.3. The minimum atomic E-state index is -1.28. The number of aliphatic carboxylic acids is 1. The van der Waals surface area contributed by atoms with Gasteiger partial charge in [-0.25, -0.2) is 0 Å². The van der Waals surface area contributed by atoms with Crippen molar-refractivity contribution < 1.29 is 14.1 Å². The Morgan fingerprint density at radius 1 is 1.29 bits per heavy atom. The molecule has 3 atom stereocenters. The third kappa shape index (κ3) is 3.16. The Bertz CT molecular complexity index is 454. The van der Waals surface area contributed by atoms with Gasteiger partial charge in [0.15, 0.2) is 0 Å². The van der Waals surface area contributed by atoms with Gasteiger partial charge in [-0.2, -0.15) is 0 Å². The van der Waals surface area contributed by atoms with E-state index < -0.39 is 27.9 Å². The molecule has 0 bridgehead atoms. The largest absolute Gasteiger partial charge is 0.481 e. The monoisotopic (exact) mass is 254 g/mol. The van der Waals surface area contributed by atoms with Gasteiger partial charge in [-0.05, 0) is 32.4 Å². The van der Waals surface area contributed by atoms with Gasteiger partial charge in [0.25, 0.3) is 0 Å². The predicted molar refractivity (Wildman–Crippen MR) is 68.6 cm³/mol. The highest BCUT2D eigenvalue weighted by Gasteiger charge is 2.26. The van der Waals surface area contributed by atoms with E-state index in [1.807, 2.05) is 32.0 Å². The van der Waals surface area contributed by atoms with E-state index in [9.17, 15) is 9.00 Å². The van der Waals surface area contributed by atoms with Crippen LogP contribution in [0.2, 0.25) is 0 Å². The maximum atomic E-state index is 12.3. The van der Waals surface area contributed by atoms with E-state index in [0.717, 1.165) is 16.0 Å². The van der Waals surface area contributed by atoms with Gasteiger partial charge in [-0.3, -0.25) is 9.00 Å². The summed E-state index contributed by atoms with van der Waals surface area (Å²) in [5.41, 5.74) is 2.06. The first-order valence-corrected chi connectivity index (χ1v) is 6.76. The van der Waals surface area contributed by atoms with Crippen LogP contribution in [-0.4, -0.2) is 20.5 Å². The molecule has 94 valence electrons. The van der Waals surface area contributed by atoms with Crippen LogP contribution in [0.5, 0.6) is 0 Å². The molecular weight excluding hydrogens is 236 g/mol. The van der Waals surface area contributed by atoms with Crippen LogP contribution in [0.4, 0.5) is 0 Å². The second kappa shape index (κ2) is 5.45. The average Bonchev–Trinajstić information content (AvgIpc) is 2.26. The first-order valence-electron chi connectivity index (χ1n) is 5.55. The SMILES string of the molecule is Cc1ccc(S(=O)C(C)C(C)C(=O)O)c(C)c1. The van der Waals surface area contributed by atoms with Crippen LogP contribution >= 0.6 is 0 Å². The summed E-state index contributed by atoms with van der Waals surface area (Å²) in [4.78, 5) is 11.6. The molecule has 0 amide bonds. The van der Waals surface area contributed by atoms with E-state index >= 15 is 0 Å². The van der Waals surface area contributed by atoms with Gasteiger partial charge in [-0.1, -0.05) is 24.6 Å². The van der Waals surface area contributed by atoms with E-state index in [1.165, 1.54) is 0 Å². The summed E-state index contributed by atoms with van der Waals surface area (Å²) in [7, 11) is -1.28. The fourth-order valence-corrected chi connectivity index (χ4v) is 3.08. The summed E-state index contributed by atoms with van der Waals surface area (Å²) in [5.74, 6) is -1.52. The van der Waals surface area contributed by atoms with Gasteiger partial charge in [0, 0.05) is 10.1 Å². The van der Waals surface area contributed by atoms with Crippen molar-refractivity contribution in [1.82, 2.24) is 0 Å². The summed E-state index contributed by atoms with van der Waals surface area (Å²) in [5, 5.41) is 8.53. The number of hydrogen-bond donors (Lipinski definition) is 1. The summed E-state index contributed by atoms with van der Waals surface area (Å²) in [6.07, 6.45) is 0. The molecule has 0 aromatic heterocycles. The molecule has 0 heterocycles. The van der Waals surface area contributed by atoms with Crippen LogP contribution in [0.25, 0.3) is 0 Å². The minimum Gasteiger partial charge on any atom is -0.481 e. The maximum Gasteiger partial charge on any atom is 0.307 e. The quantitative estimate of drug-likeness (QED) is 0.898. The molecule has 0 aliphatic rings. The molecule has 0 saturated heterocycles. The molecular formula is C13H18O3S.